The first kappa shape index (κ1) is 12.6. The van der Waals surface area contributed by atoms with E-state index in [1.165, 1.54) is 12.1 Å². The van der Waals surface area contributed by atoms with Crippen LogP contribution in [0.2, 0.25) is 0 Å². The molecule has 7 nitrogen and oxygen atoms in total. The number of nitrogens with zero attached hydrogens (tertiary/aromatic N) is 3. The van der Waals surface area contributed by atoms with Gasteiger partial charge in [-0.3, -0.25) is 10.1 Å². The van der Waals surface area contributed by atoms with Gasteiger partial charge >= 0.3 is 5.69 Å². The Bertz CT molecular complexity index is 443. The molecule has 98 valence electrons. The van der Waals surface area contributed by atoms with E-state index in [2.05, 4.69) is 22.2 Å². The number of nitrogens with two attached hydrogens (primary N) is 1. The van der Waals surface area contributed by atoms with Gasteiger partial charge in [0.1, 0.15) is 5.82 Å². The van der Waals surface area contributed by atoms with E-state index in [1.807, 2.05) is 0 Å². The average Bonchev–Trinajstić information content (AvgIpc) is 2.32. The van der Waals surface area contributed by atoms with Crippen molar-refractivity contribution in [2.75, 3.05) is 31.2 Å². The Balaban J connectivity index is 2.12. The zero-order chi connectivity index (χ0) is 13.1. The molecule has 0 aromatic carbocycles. The quantitative estimate of drug-likeness (QED) is 0.616. The molecule has 18 heavy (non-hydrogen) atoms. The van der Waals surface area contributed by atoms with Crippen LogP contribution in [0.3, 0.4) is 0 Å². The number of anilines is 2. The molecule has 0 atom stereocenters. The van der Waals surface area contributed by atoms with Gasteiger partial charge < -0.3 is 16.0 Å². The number of aromatic nitrogens is 1. The molecule has 0 spiro atoms. The van der Waals surface area contributed by atoms with E-state index in [9.17, 15) is 10.1 Å². The second-order valence-corrected chi connectivity index (χ2v) is 4.58. The zero-order valence-corrected chi connectivity index (χ0v) is 10.3. The summed E-state index contributed by atoms with van der Waals surface area (Å²) < 4.78 is 0. The van der Waals surface area contributed by atoms with E-state index in [4.69, 9.17) is 5.73 Å². The van der Waals surface area contributed by atoms with Crippen LogP contribution in [0.25, 0.3) is 0 Å². The van der Waals surface area contributed by atoms with Crippen LogP contribution in [0.15, 0.2) is 12.1 Å². The van der Waals surface area contributed by atoms with Crippen molar-refractivity contribution in [2.24, 2.45) is 0 Å². The highest BCUT2D eigenvalue weighted by Crippen LogP contribution is 2.25. The maximum absolute atomic E-state index is 10.9. The highest BCUT2D eigenvalue weighted by atomic mass is 16.6. The highest BCUT2D eigenvalue weighted by molar-refractivity contribution is 5.59. The van der Waals surface area contributed by atoms with Gasteiger partial charge in [0.2, 0.25) is 5.82 Å². The smallest absolute Gasteiger partial charge is 0.311 e. The van der Waals surface area contributed by atoms with Crippen LogP contribution in [-0.4, -0.2) is 41.0 Å². The van der Waals surface area contributed by atoms with Gasteiger partial charge in [-0.2, -0.15) is 0 Å². The van der Waals surface area contributed by atoms with Gasteiger partial charge in [0.05, 0.1) is 4.92 Å². The fraction of sp³-hybridized carbons (Fsp3) is 0.545. The molecule has 0 aliphatic carbocycles. The molecule has 0 bridgehead atoms. The molecule has 7 heteroatoms. The molecule has 0 amide bonds. The topological polar surface area (TPSA) is 97.3 Å². The van der Waals surface area contributed by atoms with Crippen LogP contribution in [0.1, 0.15) is 12.8 Å². The van der Waals surface area contributed by atoms with Crippen molar-refractivity contribution < 1.29 is 4.92 Å². The molecule has 0 unspecified atom stereocenters. The number of likely N-dealkylation sites (tertiary alicyclic amines) is 1. The van der Waals surface area contributed by atoms with Crippen molar-refractivity contribution in [3.63, 3.8) is 0 Å². The summed E-state index contributed by atoms with van der Waals surface area (Å²) in [7, 11) is 2.07. The van der Waals surface area contributed by atoms with Gasteiger partial charge in [-0.15, -0.1) is 0 Å². The van der Waals surface area contributed by atoms with Gasteiger partial charge in [-0.05, 0) is 39.0 Å². The van der Waals surface area contributed by atoms with Gasteiger partial charge in [0.25, 0.3) is 0 Å². The minimum atomic E-state index is -0.441. The third-order valence-corrected chi connectivity index (χ3v) is 3.15. The lowest BCUT2D eigenvalue weighted by Crippen LogP contribution is -2.37. The third kappa shape index (κ3) is 2.86. The molecule has 1 aliphatic heterocycles. The lowest BCUT2D eigenvalue weighted by atomic mass is 10.1. The van der Waals surface area contributed by atoms with E-state index in [1.54, 1.807) is 0 Å². The molecular formula is C11H17N5O2. The predicted octanol–water partition coefficient (Wildman–Crippen LogP) is 1.08. The summed E-state index contributed by atoms with van der Waals surface area (Å²) in [5, 5.41) is 14.0. The Morgan fingerprint density at radius 2 is 2.17 bits per heavy atom. The largest absolute Gasteiger partial charge is 0.384 e. The van der Waals surface area contributed by atoms with Gasteiger partial charge in [0.15, 0.2) is 0 Å². The zero-order valence-electron chi connectivity index (χ0n) is 10.3. The first-order valence-electron chi connectivity index (χ1n) is 5.92. The summed E-state index contributed by atoms with van der Waals surface area (Å²) in [6.07, 6.45) is 1.90. The summed E-state index contributed by atoms with van der Waals surface area (Å²) in [5.41, 5.74) is 5.55. The molecule has 2 rings (SSSR count). The van der Waals surface area contributed by atoms with Crippen LogP contribution in [0, 0.1) is 10.1 Å². The average molecular weight is 251 g/mol. The maximum Gasteiger partial charge on any atom is 0.311 e. The molecule has 0 saturated carbocycles. The Kier molecular flexibility index (Phi) is 3.61. The van der Waals surface area contributed by atoms with Crippen LogP contribution >= 0.6 is 0 Å². The van der Waals surface area contributed by atoms with Crippen LogP contribution in [-0.2, 0) is 0 Å². The Morgan fingerprint density at radius 1 is 1.50 bits per heavy atom. The fourth-order valence-electron chi connectivity index (χ4n) is 2.07. The fourth-order valence-corrected chi connectivity index (χ4v) is 2.07. The first-order valence-corrected chi connectivity index (χ1v) is 5.92. The molecule has 1 aromatic rings. The van der Waals surface area contributed by atoms with Crippen molar-refractivity contribution in [3.05, 3.63) is 22.2 Å². The number of nitrogens with one attached hydrogen (secondary N) is 1. The Labute approximate surface area is 105 Å². The monoisotopic (exact) mass is 251 g/mol. The molecule has 0 radical (unpaired) electrons. The minimum absolute atomic E-state index is 0.0249. The molecule has 1 aromatic heterocycles. The van der Waals surface area contributed by atoms with Gasteiger partial charge in [0, 0.05) is 12.1 Å². The number of nitro groups is 1. The number of piperidine rings is 1. The number of pyridine rings is 1. The molecular weight excluding hydrogens is 234 g/mol. The van der Waals surface area contributed by atoms with E-state index < -0.39 is 4.92 Å². The number of hydrogen-bond acceptors (Lipinski definition) is 6. The number of hydrogen-bond donors (Lipinski definition) is 2. The summed E-state index contributed by atoms with van der Waals surface area (Å²) >= 11 is 0. The summed E-state index contributed by atoms with van der Waals surface area (Å²) in [6, 6.07) is 3.05. The normalized spacial score (nSPS) is 17.6. The molecule has 3 N–H and O–H groups in total. The molecule has 1 aliphatic rings. The van der Waals surface area contributed by atoms with Crippen LogP contribution in [0.4, 0.5) is 17.3 Å². The van der Waals surface area contributed by atoms with Crippen LogP contribution in [0.5, 0.6) is 0 Å². The third-order valence-electron chi connectivity index (χ3n) is 3.15. The summed E-state index contributed by atoms with van der Waals surface area (Å²) in [6.45, 7) is 1.96. The van der Waals surface area contributed by atoms with Crippen molar-refractivity contribution in [2.45, 2.75) is 18.9 Å². The maximum atomic E-state index is 10.9. The minimum Gasteiger partial charge on any atom is -0.384 e. The lowest BCUT2D eigenvalue weighted by Gasteiger charge is -2.29. The van der Waals surface area contributed by atoms with Gasteiger partial charge in [-0.25, -0.2) is 4.98 Å². The van der Waals surface area contributed by atoms with E-state index in [0.29, 0.717) is 0 Å². The molecule has 1 fully saturated rings. The Morgan fingerprint density at radius 3 is 2.78 bits per heavy atom. The second kappa shape index (κ2) is 5.18. The number of nitrogen functional groups attached to an aromatic ring is 1. The Hall–Kier alpha value is -1.89. The van der Waals surface area contributed by atoms with Crippen molar-refractivity contribution in [1.29, 1.82) is 0 Å². The van der Waals surface area contributed by atoms with Crippen molar-refractivity contribution in [3.8, 4) is 0 Å². The van der Waals surface area contributed by atoms with Crippen molar-refractivity contribution >= 4 is 17.3 Å². The van der Waals surface area contributed by atoms with Crippen molar-refractivity contribution in [1.82, 2.24) is 9.88 Å². The summed E-state index contributed by atoms with van der Waals surface area (Å²) in [4.78, 5) is 16.7. The van der Waals surface area contributed by atoms with E-state index in [0.717, 1.165) is 25.9 Å². The van der Waals surface area contributed by atoms with Crippen LogP contribution < -0.4 is 11.1 Å². The number of rotatable bonds is 3. The van der Waals surface area contributed by atoms with E-state index >= 15 is 0 Å². The summed E-state index contributed by atoms with van der Waals surface area (Å²) in [5.74, 6) is 0.561. The highest BCUT2D eigenvalue weighted by Gasteiger charge is 2.21. The standard InChI is InChI=1S/C11H17N5O2/c1-15-6-4-8(5-7-15)13-11-9(16(17)18)2-3-10(12)14-11/h2-3,8H,4-7H2,1H3,(H3,12,13,14). The predicted molar refractivity (Wildman–Crippen MR) is 69.4 cm³/mol. The van der Waals surface area contributed by atoms with Gasteiger partial charge in [-0.1, -0.05) is 0 Å². The lowest BCUT2D eigenvalue weighted by molar-refractivity contribution is -0.384. The molecule has 1 saturated heterocycles. The molecule has 2 heterocycles. The first-order chi connectivity index (χ1) is 8.56. The second-order valence-electron chi connectivity index (χ2n) is 4.58. The van der Waals surface area contributed by atoms with E-state index in [-0.39, 0.29) is 23.4 Å². The SMILES string of the molecule is CN1CCC(Nc2nc(N)ccc2[N+](=O)[O-])CC1.